The first-order valence-electron chi connectivity index (χ1n) is 13.6. The van der Waals surface area contributed by atoms with Gasteiger partial charge >= 0.3 is 6.03 Å². The van der Waals surface area contributed by atoms with Gasteiger partial charge in [0.05, 0.1) is 24.0 Å². The van der Waals surface area contributed by atoms with Gasteiger partial charge in [-0.2, -0.15) is 0 Å². The molecular weight excluding hydrogens is 480 g/mol. The third-order valence-corrected chi connectivity index (χ3v) is 8.02. The number of urea groups is 1. The summed E-state index contributed by atoms with van der Waals surface area (Å²) in [6, 6.07) is 12.4. The molecule has 9 nitrogen and oxygen atoms in total. The molecule has 2 aliphatic heterocycles. The van der Waals surface area contributed by atoms with E-state index in [1.807, 2.05) is 17.7 Å². The van der Waals surface area contributed by atoms with E-state index in [-0.39, 0.29) is 18.4 Å². The highest BCUT2D eigenvalue weighted by molar-refractivity contribution is 6.05. The van der Waals surface area contributed by atoms with Gasteiger partial charge in [0.1, 0.15) is 17.3 Å². The maximum absolute atomic E-state index is 12.3. The van der Waals surface area contributed by atoms with E-state index in [0.29, 0.717) is 24.3 Å². The van der Waals surface area contributed by atoms with Gasteiger partial charge in [0.25, 0.3) is 0 Å². The van der Waals surface area contributed by atoms with Crippen molar-refractivity contribution in [3.05, 3.63) is 59.4 Å². The molecule has 4 heterocycles. The average molecular weight is 515 g/mol. The third-order valence-electron chi connectivity index (χ3n) is 8.02. The molecule has 6 rings (SSSR count). The molecule has 9 heteroatoms. The number of nitrogens with one attached hydrogen (secondary N) is 1. The number of hydrogen-bond acceptors (Lipinski definition) is 6. The van der Waals surface area contributed by atoms with Gasteiger partial charge < -0.3 is 9.30 Å². The Morgan fingerprint density at radius 2 is 1.84 bits per heavy atom. The van der Waals surface area contributed by atoms with Gasteiger partial charge in [-0.25, -0.2) is 14.8 Å². The van der Waals surface area contributed by atoms with Crippen molar-refractivity contribution in [3.8, 4) is 17.3 Å². The van der Waals surface area contributed by atoms with Crippen LogP contribution in [0.3, 0.4) is 0 Å². The Kier molecular flexibility index (Phi) is 6.61. The molecule has 3 amide bonds. The lowest BCUT2D eigenvalue weighted by Crippen LogP contribution is -2.50. The van der Waals surface area contributed by atoms with Crippen molar-refractivity contribution in [2.75, 3.05) is 11.4 Å². The van der Waals surface area contributed by atoms with Crippen LogP contribution in [-0.4, -0.2) is 44.0 Å². The molecule has 1 atom stereocenters. The zero-order chi connectivity index (χ0) is 26.2. The van der Waals surface area contributed by atoms with Crippen molar-refractivity contribution in [1.82, 2.24) is 24.8 Å². The van der Waals surface area contributed by atoms with E-state index < -0.39 is 6.03 Å². The Bertz CT molecular complexity index is 1340. The number of anilines is 1. The van der Waals surface area contributed by atoms with Crippen molar-refractivity contribution >= 4 is 17.8 Å². The molecule has 0 spiro atoms. The Hall–Kier alpha value is -3.72. The maximum Gasteiger partial charge on any atom is 0.329 e. The van der Waals surface area contributed by atoms with Crippen LogP contribution < -0.4 is 15.0 Å². The molecule has 0 bridgehead atoms. The molecule has 1 aliphatic carbocycles. The van der Waals surface area contributed by atoms with Gasteiger partial charge in [-0.05, 0) is 61.9 Å². The molecule has 0 radical (unpaired) electrons. The van der Waals surface area contributed by atoms with Crippen LogP contribution in [-0.2, 0) is 24.9 Å². The van der Waals surface area contributed by atoms with Gasteiger partial charge in [0, 0.05) is 33.1 Å². The first-order valence-corrected chi connectivity index (χ1v) is 13.6. The van der Waals surface area contributed by atoms with Crippen LogP contribution in [0.4, 0.5) is 10.6 Å². The van der Waals surface area contributed by atoms with Crippen LogP contribution in [0.1, 0.15) is 68.3 Å². The number of pyridine rings is 1. The minimum atomic E-state index is -0.421. The monoisotopic (exact) mass is 514 g/mol. The number of nitrogens with zero attached hydrogens (tertiary/aromatic N) is 5. The highest BCUT2D eigenvalue weighted by Crippen LogP contribution is 2.35. The first-order chi connectivity index (χ1) is 18.5. The molecule has 0 unspecified atom stereocenters. The second-order valence-electron chi connectivity index (χ2n) is 10.6. The second kappa shape index (κ2) is 10.2. The number of benzene rings is 1. The smallest absolute Gasteiger partial charge is 0.329 e. The molecule has 1 saturated carbocycles. The maximum atomic E-state index is 12.3. The second-order valence-corrected chi connectivity index (χ2v) is 10.6. The van der Waals surface area contributed by atoms with Crippen molar-refractivity contribution in [3.63, 3.8) is 0 Å². The van der Waals surface area contributed by atoms with E-state index in [2.05, 4.69) is 52.5 Å². The van der Waals surface area contributed by atoms with Crippen molar-refractivity contribution in [2.45, 2.75) is 70.7 Å². The quantitative estimate of drug-likeness (QED) is 0.512. The van der Waals surface area contributed by atoms with Gasteiger partial charge in [0.2, 0.25) is 5.91 Å². The normalized spacial score (nSPS) is 20.5. The summed E-state index contributed by atoms with van der Waals surface area (Å²) in [5.74, 6) is 2.04. The average Bonchev–Trinajstić information content (AvgIpc) is 3.45. The first kappa shape index (κ1) is 24.6. The molecule has 2 fully saturated rings. The Morgan fingerprint density at radius 1 is 1.05 bits per heavy atom. The van der Waals surface area contributed by atoms with Crippen molar-refractivity contribution in [1.29, 1.82) is 0 Å². The SMILES string of the molecule is C[C@@H]1c2nc(-c3ncc(N4CCC(=O)NC4=O)n3C)ccc2CN1Cc1ccc(OC2CCCCC2)cc1. The number of aromatic nitrogens is 3. The van der Waals surface area contributed by atoms with Crippen LogP contribution in [0.15, 0.2) is 42.6 Å². The lowest BCUT2D eigenvalue weighted by molar-refractivity contribution is -0.120. The fourth-order valence-corrected chi connectivity index (χ4v) is 5.80. The molecule has 1 aromatic carbocycles. The van der Waals surface area contributed by atoms with Crippen LogP contribution in [0.5, 0.6) is 5.75 Å². The van der Waals surface area contributed by atoms with E-state index in [1.54, 1.807) is 11.1 Å². The lowest BCUT2D eigenvalue weighted by atomic mass is 9.98. The fraction of sp³-hybridized carbons (Fsp3) is 0.448. The number of hydrogen-bond donors (Lipinski definition) is 1. The molecule has 198 valence electrons. The number of fused-ring (bicyclic) bond motifs is 1. The van der Waals surface area contributed by atoms with Crippen LogP contribution in [0, 0.1) is 0 Å². The number of carbonyl (C=O) groups excluding carboxylic acids is 2. The predicted molar refractivity (Wildman–Crippen MR) is 144 cm³/mol. The minimum absolute atomic E-state index is 0.168. The summed E-state index contributed by atoms with van der Waals surface area (Å²) in [5, 5.41) is 2.37. The molecule has 3 aromatic rings. The standard InChI is InChI=1S/C29H34N6O3/c1-19-27-21(18-34(19)17-20-8-11-23(12-9-20)38-22-6-4-3-5-7-22)10-13-24(31-27)28-30-16-26(33(28)2)35-15-14-25(36)32-29(35)37/h8-13,16,19,22H,3-7,14-15,17-18H2,1-2H3,(H,32,36,37)/t19-/m1/s1. The zero-order valence-electron chi connectivity index (χ0n) is 22.0. The van der Waals surface area contributed by atoms with Gasteiger partial charge in [0.15, 0.2) is 5.82 Å². The van der Waals surface area contributed by atoms with Gasteiger partial charge in [-0.15, -0.1) is 0 Å². The van der Waals surface area contributed by atoms with Crippen molar-refractivity contribution < 1.29 is 14.3 Å². The molecule has 38 heavy (non-hydrogen) atoms. The highest BCUT2D eigenvalue weighted by atomic mass is 16.5. The Balaban J connectivity index is 1.14. The van der Waals surface area contributed by atoms with E-state index in [0.717, 1.165) is 43.1 Å². The van der Waals surface area contributed by atoms with Crippen LogP contribution >= 0.6 is 0 Å². The molecule has 3 aliphatic rings. The van der Waals surface area contributed by atoms with E-state index in [9.17, 15) is 9.59 Å². The third kappa shape index (κ3) is 4.78. The summed E-state index contributed by atoms with van der Waals surface area (Å²) in [7, 11) is 1.87. The molecule has 2 aromatic heterocycles. The summed E-state index contributed by atoms with van der Waals surface area (Å²) in [6.45, 7) is 4.22. The number of amides is 3. The number of ether oxygens (including phenoxy) is 1. The van der Waals surface area contributed by atoms with Crippen LogP contribution in [0.25, 0.3) is 11.5 Å². The van der Waals surface area contributed by atoms with E-state index in [4.69, 9.17) is 9.72 Å². The lowest BCUT2D eigenvalue weighted by Gasteiger charge is -2.26. The molecular formula is C29H34N6O3. The number of imide groups is 1. The number of imidazole rings is 1. The fourth-order valence-electron chi connectivity index (χ4n) is 5.80. The van der Waals surface area contributed by atoms with E-state index in [1.165, 1.54) is 30.4 Å². The predicted octanol–water partition coefficient (Wildman–Crippen LogP) is 4.72. The summed E-state index contributed by atoms with van der Waals surface area (Å²) in [5.41, 5.74) is 4.31. The number of carbonyl (C=O) groups is 2. The summed E-state index contributed by atoms with van der Waals surface area (Å²) in [4.78, 5) is 37.4. The minimum Gasteiger partial charge on any atom is -0.490 e. The van der Waals surface area contributed by atoms with Crippen LogP contribution in [0.2, 0.25) is 0 Å². The summed E-state index contributed by atoms with van der Waals surface area (Å²) >= 11 is 0. The van der Waals surface area contributed by atoms with Gasteiger partial charge in [-0.1, -0.05) is 24.6 Å². The zero-order valence-corrected chi connectivity index (χ0v) is 22.0. The van der Waals surface area contributed by atoms with E-state index >= 15 is 0 Å². The molecule has 1 N–H and O–H groups in total. The Morgan fingerprint density at radius 3 is 2.61 bits per heavy atom. The van der Waals surface area contributed by atoms with Crippen molar-refractivity contribution in [2.24, 2.45) is 7.05 Å². The number of rotatable bonds is 6. The topological polar surface area (TPSA) is 92.6 Å². The largest absolute Gasteiger partial charge is 0.490 e. The highest BCUT2D eigenvalue weighted by Gasteiger charge is 2.30. The van der Waals surface area contributed by atoms with Gasteiger partial charge in [-0.3, -0.25) is 19.9 Å². The molecule has 1 saturated heterocycles. The Labute approximate surface area is 222 Å². The summed E-state index contributed by atoms with van der Waals surface area (Å²) < 4.78 is 8.06. The summed E-state index contributed by atoms with van der Waals surface area (Å²) in [6.07, 6.45) is 8.48.